The van der Waals surface area contributed by atoms with E-state index in [-0.39, 0.29) is 29.2 Å². The Morgan fingerprint density at radius 2 is 0.897 bits per heavy atom. The van der Waals surface area contributed by atoms with E-state index in [2.05, 4.69) is 38.1 Å². The topological polar surface area (TPSA) is 52.6 Å². The zero-order chi connectivity index (χ0) is 27.0. The molecule has 0 unspecified atom stereocenters. The Balaban J connectivity index is 0.921. The Labute approximate surface area is 233 Å². The fraction of sp³-hybridized carbons (Fsp3) is 0.600. The molecule has 0 saturated heterocycles. The second-order valence-electron chi connectivity index (χ2n) is 13.6. The Morgan fingerprint density at radius 3 is 1.23 bits per heavy atom. The number of rotatable bonds is 6. The summed E-state index contributed by atoms with van der Waals surface area (Å²) >= 11 is 0. The number of hydrogen-bond donors (Lipinski definition) is 0. The van der Waals surface area contributed by atoms with Gasteiger partial charge in [0.2, 0.25) is 0 Å². The van der Waals surface area contributed by atoms with Crippen molar-refractivity contribution in [2.45, 2.75) is 103 Å². The van der Waals surface area contributed by atoms with Crippen molar-refractivity contribution in [3.63, 3.8) is 0 Å². The molecule has 208 valence electrons. The molecule has 4 saturated carbocycles. The summed E-state index contributed by atoms with van der Waals surface area (Å²) in [5.41, 5.74) is 2.86. The van der Waals surface area contributed by atoms with E-state index < -0.39 is 0 Å². The molecule has 0 aliphatic heterocycles. The number of hydrogen-bond acceptors (Lipinski definition) is 4. The highest BCUT2D eigenvalue weighted by Gasteiger charge is 2.57. The van der Waals surface area contributed by atoms with Crippen molar-refractivity contribution >= 4 is 11.9 Å². The van der Waals surface area contributed by atoms with Gasteiger partial charge in [-0.25, -0.2) is 0 Å². The molecular weight excluding hydrogens is 484 g/mol. The van der Waals surface area contributed by atoms with Gasteiger partial charge in [0.15, 0.2) is 0 Å². The Bertz CT molecular complexity index is 1040. The molecule has 0 N–H and O–H groups in total. The molecule has 6 rings (SSSR count). The monoisotopic (exact) mass is 528 g/mol. The van der Waals surface area contributed by atoms with Crippen molar-refractivity contribution in [1.29, 1.82) is 0 Å². The minimum absolute atomic E-state index is 0.0585. The van der Waals surface area contributed by atoms with Crippen LogP contribution >= 0.6 is 0 Å². The minimum atomic E-state index is -0.126. The maximum atomic E-state index is 12.7. The number of esters is 2. The normalized spacial score (nSPS) is 34.0. The van der Waals surface area contributed by atoms with Crippen LogP contribution in [0.5, 0.6) is 11.5 Å². The fourth-order valence-electron chi connectivity index (χ4n) is 7.84. The van der Waals surface area contributed by atoms with E-state index in [4.69, 9.17) is 9.47 Å². The van der Waals surface area contributed by atoms with Gasteiger partial charge in [0.05, 0.1) is 11.8 Å². The number of carbonyl (C=O) groups is 2. The second kappa shape index (κ2) is 11.1. The summed E-state index contributed by atoms with van der Waals surface area (Å²) in [6.45, 7) is 4.69. The predicted octanol–water partition coefficient (Wildman–Crippen LogP) is 8.59. The smallest absolute Gasteiger partial charge is 0.314 e. The van der Waals surface area contributed by atoms with Gasteiger partial charge < -0.3 is 9.47 Å². The number of ether oxygens (including phenoxy) is 2. The van der Waals surface area contributed by atoms with E-state index in [1.54, 1.807) is 0 Å². The zero-order valence-electron chi connectivity index (χ0n) is 23.7. The molecule has 4 fully saturated rings. The van der Waals surface area contributed by atoms with E-state index in [1.807, 2.05) is 24.3 Å². The molecule has 0 radical (unpaired) electrons. The van der Waals surface area contributed by atoms with Gasteiger partial charge in [0.1, 0.15) is 11.5 Å². The third kappa shape index (κ3) is 5.95. The van der Waals surface area contributed by atoms with Gasteiger partial charge in [-0.1, -0.05) is 63.8 Å². The van der Waals surface area contributed by atoms with Crippen molar-refractivity contribution in [2.75, 3.05) is 0 Å². The zero-order valence-corrected chi connectivity index (χ0v) is 23.7. The van der Waals surface area contributed by atoms with Crippen LogP contribution in [0.25, 0.3) is 0 Å². The predicted molar refractivity (Wildman–Crippen MR) is 153 cm³/mol. The van der Waals surface area contributed by atoms with Gasteiger partial charge in [-0.2, -0.15) is 0 Å². The summed E-state index contributed by atoms with van der Waals surface area (Å²) in [4.78, 5) is 25.5. The summed E-state index contributed by atoms with van der Waals surface area (Å²) in [7, 11) is 0. The van der Waals surface area contributed by atoms with E-state index in [9.17, 15) is 9.59 Å². The van der Waals surface area contributed by atoms with Crippen molar-refractivity contribution in [2.24, 2.45) is 29.1 Å². The first-order valence-electron chi connectivity index (χ1n) is 15.5. The first-order valence-corrected chi connectivity index (χ1v) is 15.5. The lowest BCUT2D eigenvalue weighted by Crippen LogP contribution is -2.53. The number of carbonyl (C=O) groups excluding carboxylic acids is 2. The van der Waals surface area contributed by atoms with Gasteiger partial charge >= 0.3 is 11.9 Å². The maximum absolute atomic E-state index is 12.7. The van der Waals surface area contributed by atoms with Crippen LogP contribution in [0.2, 0.25) is 0 Å². The molecule has 4 heteroatoms. The van der Waals surface area contributed by atoms with Gasteiger partial charge in [-0.05, 0) is 116 Å². The molecule has 4 aliphatic carbocycles. The lowest BCUT2D eigenvalue weighted by atomic mass is 9.48. The van der Waals surface area contributed by atoms with Gasteiger partial charge in [-0.15, -0.1) is 0 Å². The van der Waals surface area contributed by atoms with Crippen LogP contribution < -0.4 is 9.47 Å². The van der Waals surface area contributed by atoms with Gasteiger partial charge in [-0.3, -0.25) is 9.59 Å². The number of benzene rings is 2. The van der Waals surface area contributed by atoms with Crippen LogP contribution in [-0.2, 0) is 9.59 Å². The van der Waals surface area contributed by atoms with Crippen molar-refractivity contribution in [3.8, 4) is 11.5 Å². The van der Waals surface area contributed by atoms with Crippen LogP contribution in [0.15, 0.2) is 48.5 Å². The van der Waals surface area contributed by atoms with E-state index in [0.29, 0.717) is 23.3 Å². The maximum Gasteiger partial charge on any atom is 0.314 e. The highest BCUT2D eigenvalue weighted by atomic mass is 16.5. The highest BCUT2D eigenvalue weighted by molar-refractivity contribution is 5.79. The average molecular weight is 529 g/mol. The first kappa shape index (κ1) is 26.6. The fourth-order valence-corrected chi connectivity index (χ4v) is 7.84. The molecule has 39 heavy (non-hydrogen) atoms. The summed E-state index contributed by atoms with van der Waals surface area (Å²) in [6.07, 6.45) is 13.5. The average Bonchev–Trinajstić information content (AvgIpc) is 2.89. The molecular formula is C35H44O4. The van der Waals surface area contributed by atoms with Gasteiger partial charge in [0.25, 0.3) is 0 Å². The molecule has 4 nitrogen and oxygen atoms in total. The molecule has 0 heterocycles. The lowest BCUT2D eigenvalue weighted by molar-refractivity contribution is -0.164. The summed E-state index contributed by atoms with van der Waals surface area (Å²) in [5, 5.41) is 0. The quantitative estimate of drug-likeness (QED) is 0.278. The SMILES string of the molecule is CC1CCC(c2ccc(OC(=O)C3CC4(C3)CC(C(=O)Oc3ccc(C5CCC(C)CC5)cc3)C4)cc2)CC1. The third-order valence-electron chi connectivity index (χ3n) is 10.6. The summed E-state index contributed by atoms with van der Waals surface area (Å²) in [5.74, 6) is 3.89. The Hall–Kier alpha value is -2.62. The van der Waals surface area contributed by atoms with Crippen LogP contribution in [0.1, 0.15) is 114 Å². The molecule has 2 aromatic carbocycles. The largest absolute Gasteiger partial charge is 0.426 e. The summed E-state index contributed by atoms with van der Waals surface area (Å²) < 4.78 is 11.4. The molecule has 2 aromatic rings. The molecule has 0 bridgehead atoms. The molecule has 1 spiro atoms. The Kier molecular flexibility index (Phi) is 7.57. The third-order valence-corrected chi connectivity index (χ3v) is 10.6. The van der Waals surface area contributed by atoms with Crippen LogP contribution in [0.4, 0.5) is 0 Å². The van der Waals surface area contributed by atoms with Crippen molar-refractivity contribution < 1.29 is 19.1 Å². The van der Waals surface area contributed by atoms with E-state index in [1.165, 1.54) is 62.5 Å². The lowest BCUT2D eigenvalue weighted by Gasteiger charge is -2.55. The molecule has 0 aromatic heterocycles. The molecule has 4 aliphatic rings. The van der Waals surface area contributed by atoms with Crippen LogP contribution in [0.3, 0.4) is 0 Å². The Morgan fingerprint density at radius 1 is 0.564 bits per heavy atom. The van der Waals surface area contributed by atoms with Crippen molar-refractivity contribution in [3.05, 3.63) is 59.7 Å². The first-order chi connectivity index (χ1) is 18.9. The van der Waals surface area contributed by atoms with E-state index in [0.717, 1.165) is 37.5 Å². The van der Waals surface area contributed by atoms with E-state index >= 15 is 0 Å². The standard InChI is InChI=1S/C35H44O4/c1-23-3-7-25(8-4-23)27-11-15-31(16-12-27)38-33(36)29-19-35(20-29)21-30(22-35)34(37)39-32-17-13-28(14-18-32)26-9-5-24(2)6-10-26/h11-18,23-26,29-30H,3-10,19-22H2,1-2H3. The summed E-state index contributed by atoms with van der Waals surface area (Å²) in [6, 6.07) is 16.4. The van der Waals surface area contributed by atoms with Crippen molar-refractivity contribution in [1.82, 2.24) is 0 Å². The van der Waals surface area contributed by atoms with Crippen LogP contribution in [-0.4, -0.2) is 11.9 Å². The van der Waals surface area contributed by atoms with Gasteiger partial charge in [0, 0.05) is 0 Å². The molecule has 0 atom stereocenters. The van der Waals surface area contributed by atoms with Crippen LogP contribution in [0, 0.1) is 29.1 Å². The second-order valence-corrected chi connectivity index (χ2v) is 13.6. The molecule has 0 amide bonds. The highest BCUT2D eigenvalue weighted by Crippen LogP contribution is 2.61. The minimum Gasteiger partial charge on any atom is -0.426 e.